The molecule has 0 N–H and O–H groups in total. The van der Waals surface area contributed by atoms with Crippen molar-refractivity contribution in [3.63, 3.8) is 0 Å². The molecule has 8 aromatic rings. The molecule has 0 bridgehead atoms. The molecule has 0 aliphatic heterocycles. The van der Waals surface area contributed by atoms with Gasteiger partial charge in [-0.25, -0.2) is 4.57 Å². The lowest BCUT2D eigenvalue weighted by Gasteiger charge is -2.21. The molecule has 0 atom stereocenters. The third-order valence-corrected chi connectivity index (χ3v) is 13.7. The molecule has 1 heterocycles. The fourth-order valence-electron chi connectivity index (χ4n) is 7.63. The molecule has 0 unspecified atom stereocenters. The molecule has 7 aromatic carbocycles. The highest BCUT2D eigenvalue weighted by Gasteiger charge is 2.32. The molecule has 0 amide bonds. The highest BCUT2D eigenvalue weighted by atomic mass is 28.3. The van der Waals surface area contributed by atoms with E-state index >= 15 is 0 Å². The quantitative estimate of drug-likeness (QED) is 0.163. The molecule has 1 aromatic heterocycles. The first-order valence-corrected chi connectivity index (χ1v) is 21.5. The van der Waals surface area contributed by atoms with E-state index in [2.05, 4.69) is 75.7 Å². The van der Waals surface area contributed by atoms with Gasteiger partial charge in [-0.1, -0.05) is 98.2 Å². The first kappa shape index (κ1) is 24.9. The van der Waals surface area contributed by atoms with Crippen LogP contribution in [0.15, 0.2) is 64.2 Å². The normalized spacial score (nSPS) is 13.6. The number of aromatic nitrogens is 1. The first-order chi connectivity index (χ1) is 19.3. The molecule has 0 aliphatic rings. The van der Waals surface area contributed by atoms with E-state index in [-0.39, 0.29) is 11.1 Å². The zero-order valence-corrected chi connectivity index (χ0v) is 27.0. The van der Waals surface area contributed by atoms with Crippen molar-refractivity contribution in [1.82, 2.24) is 4.57 Å². The lowest BCUT2D eigenvalue weighted by atomic mass is 9.95. The summed E-state index contributed by atoms with van der Waals surface area (Å²) in [6, 6.07) is 19.6. The highest BCUT2D eigenvalue weighted by Crippen LogP contribution is 2.49. The van der Waals surface area contributed by atoms with Gasteiger partial charge in [0.2, 0.25) is 0 Å². The third-order valence-electron chi connectivity index (χ3n) is 9.69. The van der Waals surface area contributed by atoms with Gasteiger partial charge in [0.05, 0.1) is 32.6 Å². The van der Waals surface area contributed by atoms with Crippen molar-refractivity contribution in [1.29, 1.82) is 0 Å². The van der Waals surface area contributed by atoms with Gasteiger partial charge in [0.1, 0.15) is 0 Å². The van der Waals surface area contributed by atoms with Crippen LogP contribution < -0.4 is 21.5 Å². The number of fused-ring (bicyclic) bond motifs is 3. The van der Waals surface area contributed by atoms with Gasteiger partial charge < -0.3 is 0 Å². The van der Waals surface area contributed by atoms with E-state index in [4.69, 9.17) is 0 Å². The van der Waals surface area contributed by atoms with Gasteiger partial charge >= 0.3 is 0 Å². The molecule has 0 aliphatic carbocycles. The second-order valence-corrected chi connectivity index (χ2v) is 24.3. The summed E-state index contributed by atoms with van der Waals surface area (Å²) in [6.45, 7) is 18.3. The van der Waals surface area contributed by atoms with Crippen molar-refractivity contribution in [2.45, 2.75) is 53.1 Å². The predicted octanol–water partition coefficient (Wildman–Crippen LogP) is 7.58. The van der Waals surface area contributed by atoms with Crippen molar-refractivity contribution in [3.05, 3.63) is 86.4 Å². The van der Waals surface area contributed by atoms with Gasteiger partial charge in [0.25, 0.3) is 11.1 Å². The molecule has 5 heteroatoms. The summed E-state index contributed by atoms with van der Waals surface area (Å²) in [5.74, 6) is 0. The largest absolute Gasteiger partial charge is 0.268 e. The van der Waals surface area contributed by atoms with Crippen LogP contribution in [0.3, 0.4) is 0 Å². The fourth-order valence-corrected chi connectivity index (χ4v) is 10.8. The zero-order chi connectivity index (χ0) is 28.9. The van der Waals surface area contributed by atoms with E-state index in [0.717, 1.165) is 21.9 Å². The topological polar surface area (TPSA) is 39.1 Å². The Bertz CT molecular complexity index is 2350. The minimum absolute atomic E-state index is 0.195. The Balaban J connectivity index is 1.77. The molecule has 0 fully saturated rings. The predicted molar refractivity (Wildman–Crippen MR) is 184 cm³/mol. The van der Waals surface area contributed by atoms with Crippen LogP contribution in [0.25, 0.3) is 70.3 Å². The van der Waals surface area contributed by atoms with E-state index in [1.54, 1.807) is 0 Å². The van der Waals surface area contributed by atoms with Crippen molar-refractivity contribution >= 4 is 91.2 Å². The van der Waals surface area contributed by atoms with Crippen LogP contribution in [0.2, 0.25) is 39.3 Å². The van der Waals surface area contributed by atoms with Gasteiger partial charge in [-0.3, -0.25) is 9.59 Å². The van der Waals surface area contributed by atoms with Crippen LogP contribution in [0.5, 0.6) is 0 Å². The summed E-state index contributed by atoms with van der Waals surface area (Å²) in [6.07, 6.45) is 0. The minimum Gasteiger partial charge on any atom is -0.268 e. The maximum absolute atomic E-state index is 14.6. The monoisotopic (exact) mass is 567 g/mol. The molecular formula is C36H33NO2Si2. The Labute approximate surface area is 240 Å². The van der Waals surface area contributed by atoms with Crippen molar-refractivity contribution < 1.29 is 0 Å². The van der Waals surface area contributed by atoms with E-state index in [1.165, 1.54) is 58.0 Å². The van der Waals surface area contributed by atoms with E-state index in [9.17, 15) is 9.59 Å². The molecule has 8 rings (SSSR count). The van der Waals surface area contributed by atoms with Gasteiger partial charge in [-0.15, -0.1) is 0 Å². The Morgan fingerprint density at radius 1 is 0.537 bits per heavy atom. The average Bonchev–Trinajstić information content (AvgIpc) is 3.39. The highest BCUT2D eigenvalue weighted by molar-refractivity contribution is 6.91. The van der Waals surface area contributed by atoms with Crippen LogP contribution in [0, 0.1) is 13.8 Å². The number of benzene rings is 6. The third kappa shape index (κ3) is 2.93. The van der Waals surface area contributed by atoms with Crippen LogP contribution in [-0.4, -0.2) is 20.7 Å². The molecule has 0 radical (unpaired) electrons. The number of aryl methyl sites for hydroxylation is 1. The Hall–Kier alpha value is -3.81. The van der Waals surface area contributed by atoms with Gasteiger partial charge in [-0.2, -0.15) is 0 Å². The van der Waals surface area contributed by atoms with Gasteiger partial charge in [0, 0.05) is 0 Å². The van der Waals surface area contributed by atoms with Crippen molar-refractivity contribution in [2.24, 2.45) is 0 Å². The first-order valence-electron chi connectivity index (χ1n) is 14.5. The number of hydrogen-bond donors (Lipinski definition) is 0. The fraction of sp³-hybridized carbons (Fsp3) is 0.222. The van der Waals surface area contributed by atoms with E-state index in [1.807, 2.05) is 32.0 Å². The summed E-state index contributed by atoms with van der Waals surface area (Å²) < 4.78 is 1.46. The summed E-state index contributed by atoms with van der Waals surface area (Å²) in [5, 5.41) is 15.8. The Morgan fingerprint density at radius 2 is 1.00 bits per heavy atom. The number of hydrogen-bond acceptors (Lipinski definition) is 2. The van der Waals surface area contributed by atoms with Gasteiger partial charge in [0.15, 0.2) is 0 Å². The Morgan fingerprint density at radius 3 is 1.46 bits per heavy atom. The molecule has 41 heavy (non-hydrogen) atoms. The molecule has 0 saturated heterocycles. The zero-order valence-electron chi connectivity index (χ0n) is 25.0. The average molecular weight is 568 g/mol. The molecule has 202 valence electrons. The second kappa shape index (κ2) is 7.52. The lowest BCUT2D eigenvalue weighted by molar-refractivity contribution is 0.974. The molecule has 3 nitrogen and oxygen atoms in total. The lowest BCUT2D eigenvalue weighted by Crippen LogP contribution is -2.38. The van der Waals surface area contributed by atoms with Crippen molar-refractivity contribution in [3.8, 4) is 5.69 Å². The molecular weight excluding hydrogens is 535 g/mol. The molecule has 0 spiro atoms. The smallest absolute Gasteiger partial charge is 0.266 e. The van der Waals surface area contributed by atoms with Crippen LogP contribution in [-0.2, 0) is 0 Å². The van der Waals surface area contributed by atoms with Crippen LogP contribution >= 0.6 is 0 Å². The summed E-state index contributed by atoms with van der Waals surface area (Å²) in [4.78, 5) is 29.2. The second-order valence-electron chi connectivity index (χ2n) is 14.2. The van der Waals surface area contributed by atoms with Crippen LogP contribution in [0.1, 0.15) is 11.1 Å². The number of rotatable bonds is 3. The SMILES string of the molecule is Cc1cccc(-n2c(=O)c3c4cc([Si](C)(C)C)c5ccc6ccc7c([Si](C)(C)C)cc(c3c2=O)c2c7c6c5c42)c1C. The van der Waals surface area contributed by atoms with Crippen molar-refractivity contribution in [2.75, 3.05) is 0 Å². The summed E-state index contributed by atoms with van der Waals surface area (Å²) in [7, 11) is -3.65. The van der Waals surface area contributed by atoms with Gasteiger partial charge in [-0.05, 0) is 84.9 Å². The summed E-state index contributed by atoms with van der Waals surface area (Å²) in [5.41, 5.74) is 2.34. The standard InChI is InChI=1S/C36H33NO2Si2/c1-18-10-9-11-25(19(18)2)37-35(38)33-23-16-26(40(3,4)5)21-14-12-20-13-15-22-27(41(6,7)8)17-24(34(33)36(37)39)32-30(22)28(20)29(21)31(23)32/h9-17H,1-8H3. The van der Waals surface area contributed by atoms with E-state index < -0.39 is 16.1 Å². The maximum atomic E-state index is 14.6. The molecule has 0 saturated carbocycles. The number of nitrogens with zero attached hydrogens (tertiary/aromatic N) is 1. The minimum atomic E-state index is -1.82. The summed E-state index contributed by atoms with van der Waals surface area (Å²) >= 11 is 0. The Kier molecular flexibility index (Phi) is 4.58. The van der Waals surface area contributed by atoms with Crippen LogP contribution in [0.4, 0.5) is 0 Å². The van der Waals surface area contributed by atoms with E-state index in [0.29, 0.717) is 16.5 Å². The maximum Gasteiger partial charge on any atom is 0.266 e.